The van der Waals surface area contributed by atoms with E-state index in [4.69, 9.17) is 14.4 Å². The van der Waals surface area contributed by atoms with Crippen LogP contribution in [0.1, 0.15) is 51.7 Å². The minimum absolute atomic E-state index is 0.0936. The van der Waals surface area contributed by atoms with E-state index >= 15 is 0 Å². The second kappa shape index (κ2) is 10.8. The standard InChI is InChI=1S/C27H32F2N4O4/c1-16(2)36-19-12-20(28)24(21(29)13-19)25-31-26(32-37-25)33-10-8-18-11-17(5-6-22(18)33)14-30-15-27(3,4)9-7-23(34)35/h5-6,11-13,16,30H,7-10,14-15H2,1-4H3,(H,34,35). The number of anilines is 2. The molecule has 37 heavy (non-hydrogen) atoms. The maximum atomic E-state index is 14.7. The Balaban J connectivity index is 1.43. The number of hydrogen-bond donors (Lipinski definition) is 2. The van der Waals surface area contributed by atoms with Gasteiger partial charge in [0.1, 0.15) is 22.9 Å². The highest BCUT2D eigenvalue weighted by Gasteiger charge is 2.27. The smallest absolute Gasteiger partial charge is 0.303 e. The molecule has 3 aromatic rings. The Morgan fingerprint density at radius 2 is 1.97 bits per heavy atom. The van der Waals surface area contributed by atoms with Crippen LogP contribution in [0.5, 0.6) is 5.75 Å². The molecule has 10 heteroatoms. The minimum Gasteiger partial charge on any atom is -0.491 e. The first-order valence-electron chi connectivity index (χ1n) is 12.3. The van der Waals surface area contributed by atoms with Gasteiger partial charge in [0.2, 0.25) is 0 Å². The van der Waals surface area contributed by atoms with Gasteiger partial charge in [-0.2, -0.15) is 4.98 Å². The molecule has 0 aliphatic carbocycles. The highest BCUT2D eigenvalue weighted by molar-refractivity contribution is 5.68. The van der Waals surface area contributed by atoms with Gasteiger partial charge < -0.3 is 24.6 Å². The van der Waals surface area contributed by atoms with Gasteiger partial charge in [0.15, 0.2) is 0 Å². The first-order valence-corrected chi connectivity index (χ1v) is 12.3. The molecular weight excluding hydrogens is 482 g/mol. The van der Waals surface area contributed by atoms with Crippen LogP contribution in [0.25, 0.3) is 11.5 Å². The summed E-state index contributed by atoms with van der Waals surface area (Å²) in [7, 11) is 0. The minimum atomic E-state index is -0.837. The van der Waals surface area contributed by atoms with Crippen LogP contribution in [-0.2, 0) is 17.8 Å². The van der Waals surface area contributed by atoms with Crippen LogP contribution in [0, 0.1) is 17.0 Å². The van der Waals surface area contributed by atoms with Gasteiger partial charge in [-0.25, -0.2) is 8.78 Å². The van der Waals surface area contributed by atoms with Crippen molar-refractivity contribution in [3.8, 4) is 17.2 Å². The van der Waals surface area contributed by atoms with Crippen LogP contribution in [0.2, 0.25) is 0 Å². The molecule has 0 radical (unpaired) electrons. The second-order valence-electron chi connectivity index (χ2n) is 10.4. The molecule has 0 amide bonds. The lowest BCUT2D eigenvalue weighted by Crippen LogP contribution is -2.29. The zero-order valence-corrected chi connectivity index (χ0v) is 21.5. The number of hydrogen-bond acceptors (Lipinski definition) is 7. The highest BCUT2D eigenvalue weighted by atomic mass is 19.1. The highest BCUT2D eigenvalue weighted by Crippen LogP contribution is 2.36. The van der Waals surface area contributed by atoms with Gasteiger partial charge in [-0.1, -0.05) is 26.0 Å². The summed E-state index contributed by atoms with van der Waals surface area (Å²) in [5.41, 5.74) is 2.63. The fourth-order valence-corrected chi connectivity index (χ4v) is 4.37. The van der Waals surface area contributed by atoms with Crippen molar-refractivity contribution in [2.45, 2.75) is 59.6 Å². The summed E-state index contributed by atoms with van der Waals surface area (Å²) in [5.74, 6) is -2.36. The van der Waals surface area contributed by atoms with Crippen molar-refractivity contribution in [2.24, 2.45) is 5.41 Å². The third-order valence-electron chi connectivity index (χ3n) is 6.25. The van der Waals surface area contributed by atoms with Crippen molar-refractivity contribution in [3.63, 3.8) is 0 Å². The normalized spacial score (nSPS) is 13.3. The Morgan fingerprint density at radius 1 is 1.24 bits per heavy atom. The average Bonchev–Trinajstić information content (AvgIpc) is 3.43. The number of halogens is 2. The number of carboxylic acids is 1. The third kappa shape index (κ3) is 6.43. The number of nitrogens with one attached hydrogen (secondary N) is 1. The van der Waals surface area contributed by atoms with Crippen LogP contribution < -0.4 is 15.0 Å². The van der Waals surface area contributed by atoms with Crippen molar-refractivity contribution >= 4 is 17.6 Å². The van der Waals surface area contributed by atoms with E-state index in [9.17, 15) is 13.6 Å². The summed E-state index contributed by atoms with van der Waals surface area (Å²) in [5, 5.41) is 16.3. The number of benzene rings is 2. The van der Waals surface area contributed by atoms with Gasteiger partial charge in [-0.05, 0) is 54.5 Å². The number of carboxylic acid groups (broad SMARTS) is 1. The molecule has 1 aromatic heterocycles. The van der Waals surface area contributed by atoms with Crippen molar-refractivity contribution in [1.82, 2.24) is 15.5 Å². The van der Waals surface area contributed by atoms with Crippen molar-refractivity contribution in [3.05, 3.63) is 53.1 Å². The number of carbonyl (C=O) groups is 1. The number of nitrogens with zero attached hydrogens (tertiary/aromatic N) is 3. The van der Waals surface area contributed by atoms with Crippen molar-refractivity contribution in [1.29, 1.82) is 0 Å². The van der Waals surface area contributed by atoms with Crippen molar-refractivity contribution < 1.29 is 27.9 Å². The molecule has 0 saturated heterocycles. The molecule has 8 nitrogen and oxygen atoms in total. The van der Waals surface area contributed by atoms with E-state index < -0.39 is 17.6 Å². The van der Waals surface area contributed by atoms with Crippen LogP contribution >= 0.6 is 0 Å². The molecule has 2 N–H and O–H groups in total. The number of aliphatic carboxylic acids is 1. The summed E-state index contributed by atoms with van der Waals surface area (Å²) in [6, 6.07) is 8.30. The molecule has 198 valence electrons. The van der Waals surface area contributed by atoms with E-state index in [1.165, 1.54) is 0 Å². The quantitative estimate of drug-likeness (QED) is 0.347. The molecule has 0 spiro atoms. The Labute approximate surface area is 214 Å². The average molecular weight is 515 g/mol. The van der Waals surface area contributed by atoms with Crippen LogP contribution in [-0.4, -0.2) is 40.4 Å². The maximum absolute atomic E-state index is 14.7. The first kappa shape index (κ1) is 26.5. The van der Waals surface area contributed by atoms with Gasteiger partial charge >= 0.3 is 5.97 Å². The summed E-state index contributed by atoms with van der Waals surface area (Å²) < 4.78 is 40.0. The number of aromatic nitrogens is 2. The van der Waals surface area contributed by atoms with E-state index in [-0.39, 0.29) is 41.1 Å². The molecule has 0 unspecified atom stereocenters. The summed E-state index contributed by atoms with van der Waals surface area (Å²) in [4.78, 5) is 17.0. The summed E-state index contributed by atoms with van der Waals surface area (Å²) in [6.45, 7) is 9.61. The molecule has 0 bridgehead atoms. The van der Waals surface area contributed by atoms with Gasteiger partial charge in [0.25, 0.3) is 11.8 Å². The molecule has 4 rings (SSSR count). The molecular formula is C27H32F2N4O4. The van der Waals surface area contributed by atoms with E-state index in [2.05, 4.69) is 21.5 Å². The summed E-state index contributed by atoms with van der Waals surface area (Å²) in [6.07, 6.45) is 1.30. The van der Waals surface area contributed by atoms with E-state index in [0.29, 0.717) is 26.1 Å². The second-order valence-corrected chi connectivity index (χ2v) is 10.4. The molecule has 1 aliphatic heterocycles. The van der Waals surface area contributed by atoms with Crippen molar-refractivity contribution in [2.75, 3.05) is 18.0 Å². The number of ether oxygens (including phenoxy) is 1. The molecule has 0 saturated carbocycles. The van der Waals surface area contributed by atoms with Gasteiger partial charge in [0.05, 0.1) is 6.10 Å². The number of fused-ring (bicyclic) bond motifs is 1. The topological polar surface area (TPSA) is 101 Å². The molecule has 2 aromatic carbocycles. The number of rotatable bonds is 11. The zero-order chi connectivity index (χ0) is 26.7. The van der Waals surface area contributed by atoms with E-state index in [1.54, 1.807) is 13.8 Å². The van der Waals surface area contributed by atoms with Gasteiger partial charge in [0, 0.05) is 43.9 Å². The van der Waals surface area contributed by atoms with E-state index in [1.807, 2.05) is 30.9 Å². The van der Waals surface area contributed by atoms with Gasteiger partial charge in [-0.15, -0.1) is 0 Å². The van der Waals surface area contributed by atoms with Gasteiger partial charge in [-0.3, -0.25) is 4.79 Å². The lowest BCUT2D eigenvalue weighted by molar-refractivity contribution is -0.137. The predicted molar refractivity (Wildman–Crippen MR) is 135 cm³/mol. The van der Waals surface area contributed by atoms with Crippen LogP contribution in [0.4, 0.5) is 20.4 Å². The molecule has 2 heterocycles. The fraction of sp³-hybridized carbons (Fsp3) is 0.444. The molecule has 0 atom stereocenters. The van der Waals surface area contributed by atoms with Crippen LogP contribution in [0.3, 0.4) is 0 Å². The largest absolute Gasteiger partial charge is 0.491 e. The Hall–Kier alpha value is -3.53. The fourth-order valence-electron chi connectivity index (χ4n) is 4.37. The lowest BCUT2D eigenvalue weighted by Gasteiger charge is -2.24. The first-order chi connectivity index (χ1) is 17.5. The lowest BCUT2D eigenvalue weighted by atomic mass is 9.87. The molecule has 0 fully saturated rings. The Kier molecular flexibility index (Phi) is 7.77. The van der Waals surface area contributed by atoms with E-state index in [0.717, 1.165) is 35.4 Å². The van der Waals surface area contributed by atoms with Crippen LogP contribution in [0.15, 0.2) is 34.9 Å². The third-order valence-corrected chi connectivity index (χ3v) is 6.25. The molecule has 1 aliphatic rings. The maximum Gasteiger partial charge on any atom is 0.303 e. The SMILES string of the molecule is CC(C)Oc1cc(F)c(-c2nc(N3CCc4cc(CNCC(C)(C)CCC(=O)O)ccc43)no2)c(F)c1. The Morgan fingerprint density at radius 3 is 2.65 bits per heavy atom. The monoisotopic (exact) mass is 514 g/mol. The zero-order valence-electron chi connectivity index (χ0n) is 21.5. The summed E-state index contributed by atoms with van der Waals surface area (Å²) >= 11 is 0. The predicted octanol–water partition coefficient (Wildman–Crippen LogP) is 5.48. The Bertz CT molecular complexity index is 1250.